The zero-order valence-corrected chi connectivity index (χ0v) is 16.6. The summed E-state index contributed by atoms with van der Waals surface area (Å²) in [5, 5.41) is 9.74. The van der Waals surface area contributed by atoms with Gasteiger partial charge in [-0.05, 0) is 5.56 Å². The van der Waals surface area contributed by atoms with Gasteiger partial charge in [0.25, 0.3) is 6.71 Å². The van der Waals surface area contributed by atoms with Crippen LogP contribution in [0.1, 0.15) is 5.56 Å². The van der Waals surface area contributed by atoms with E-state index in [1.54, 1.807) is 19.0 Å². The number of carbonyl (C=O) groups is 1. The molecule has 0 amide bonds. The van der Waals surface area contributed by atoms with E-state index in [-0.39, 0.29) is 12.4 Å². The van der Waals surface area contributed by atoms with Gasteiger partial charge in [0.15, 0.2) is 5.70 Å². The lowest BCUT2D eigenvalue weighted by Gasteiger charge is -2.19. The summed E-state index contributed by atoms with van der Waals surface area (Å²) in [6, 6.07) is 29.8. The molecular weight excluding hydrogens is 359 g/mol. The molecule has 0 aliphatic heterocycles. The van der Waals surface area contributed by atoms with Gasteiger partial charge in [-0.3, -0.25) is 4.99 Å². The van der Waals surface area contributed by atoms with Crippen LogP contribution in [0.5, 0.6) is 0 Å². The van der Waals surface area contributed by atoms with Gasteiger partial charge < -0.3 is 10.0 Å². The summed E-state index contributed by atoms with van der Waals surface area (Å²) >= 11 is 0. The molecule has 4 nitrogen and oxygen atoms in total. The van der Waals surface area contributed by atoms with Crippen LogP contribution in [0.25, 0.3) is 0 Å². The van der Waals surface area contributed by atoms with Gasteiger partial charge in [0, 0.05) is 25.9 Å². The van der Waals surface area contributed by atoms with Crippen molar-refractivity contribution in [3.8, 4) is 0 Å². The first-order chi connectivity index (χ1) is 14.1. The smallest absolute Gasteiger partial charge is 0.355 e. The summed E-state index contributed by atoms with van der Waals surface area (Å²) in [6.45, 7) is -0.204. The molecule has 0 fully saturated rings. The minimum atomic E-state index is -1.06. The Morgan fingerprint density at radius 3 is 1.69 bits per heavy atom. The topological polar surface area (TPSA) is 52.9 Å². The van der Waals surface area contributed by atoms with E-state index in [9.17, 15) is 9.90 Å². The molecule has 0 saturated carbocycles. The fourth-order valence-electron chi connectivity index (χ4n) is 3.21. The number of benzene rings is 3. The summed E-state index contributed by atoms with van der Waals surface area (Å²) in [5.74, 6) is -1.06. The molecule has 0 aliphatic carbocycles. The third-order valence-electron chi connectivity index (χ3n) is 4.45. The Labute approximate surface area is 171 Å². The van der Waals surface area contributed by atoms with Gasteiger partial charge in [-0.15, -0.1) is 0 Å². The second-order valence-corrected chi connectivity index (χ2v) is 6.90. The quantitative estimate of drug-likeness (QED) is 0.389. The molecule has 0 aliphatic rings. The predicted molar refractivity (Wildman–Crippen MR) is 120 cm³/mol. The molecule has 0 aromatic heterocycles. The van der Waals surface area contributed by atoms with Crippen LogP contribution in [-0.2, 0) is 4.79 Å². The van der Waals surface area contributed by atoms with E-state index in [4.69, 9.17) is 0 Å². The van der Waals surface area contributed by atoms with E-state index in [1.165, 1.54) is 6.20 Å². The molecule has 144 valence electrons. The van der Waals surface area contributed by atoms with Crippen LogP contribution in [0.3, 0.4) is 0 Å². The maximum atomic E-state index is 11.9. The normalized spacial score (nSPS) is 11.8. The van der Waals surface area contributed by atoms with Crippen molar-refractivity contribution in [2.24, 2.45) is 4.99 Å². The van der Waals surface area contributed by atoms with Gasteiger partial charge in [0.1, 0.15) is 0 Å². The third kappa shape index (κ3) is 5.23. The molecule has 29 heavy (non-hydrogen) atoms. The number of carboxylic acid groups (broad SMARTS) is 1. The molecule has 5 heteroatoms. The average Bonchev–Trinajstić information content (AvgIpc) is 2.74. The number of aliphatic imine (C=N–C) groups is 1. The van der Waals surface area contributed by atoms with Crippen molar-refractivity contribution in [2.75, 3.05) is 14.1 Å². The average molecular weight is 382 g/mol. The minimum Gasteiger partial charge on any atom is -0.476 e. The largest absolute Gasteiger partial charge is 0.476 e. The number of aliphatic carboxylic acids is 1. The Kier molecular flexibility index (Phi) is 6.64. The Hall–Kier alpha value is -3.60. The SMILES string of the molecule is CN(C)/C=C(\N=C(\B(c1ccccc1)c1ccccc1)c1ccccc1)C(=O)O. The molecule has 0 bridgehead atoms. The van der Waals surface area contributed by atoms with Crippen molar-refractivity contribution in [1.82, 2.24) is 4.90 Å². The number of hydrogen-bond acceptors (Lipinski definition) is 3. The molecule has 0 saturated heterocycles. The summed E-state index contributed by atoms with van der Waals surface area (Å²) in [7, 11) is 3.57. The summed E-state index contributed by atoms with van der Waals surface area (Å²) < 4.78 is 0. The lowest BCUT2D eigenvalue weighted by molar-refractivity contribution is -0.132. The number of hydrogen-bond donors (Lipinski definition) is 1. The first kappa shape index (κ1) is 20.1. The first-order valence-electron chi connectivity index (χ1n) is 9.41. The van der Waals surface area contributed by atoms with Crippen molar-refractivity contribution in [1.29, 1.82) is 0 Å². The van der Waals surface area contributed by atoms with Gasteiger partial charge >= 0.3 is 5.97 Å². The highest BCUT2D eigenvalue weighted by Gasteiger charge is 2.27. The maximum absolute atomic E-state index is 11.9. The zero-order valence-electron chi connectivity index (χ0n) is 16.6. The molecule has 0 atom stereocenters. The number of nitrogens with zero attached hydrogens (tertiary/aromatic N) is 2. The van der Waals surface area contributed by atoms with Gasteiger partial charge in [-0.2, -0.15) is 0 Å². The van der Waals surface area contributed by atoms with Crippen molar-refractivity contribution in [3.05, 3.63) is 108 Å². The second kappa shape index (κ2) is 9.56. The number of rotatable bonds is 7. The second-order valence-electron chi connectivity index (χ2n) is 6.90. The van der Waals surface area contributed by atoms with Crippen LogP contribution < -0.4 is 10.9 Å². The molecular formula is C24H23BN2O2. The Balaban J connectivity index is 2.27. The van der Waals surface area contributed by atoms with Gasteiger partial charge in [-0.25, -0.2) is 4.79 Å². The zero-order chi connectivity index (χ0) is 20.6. The lowest BCUT2D eigenvalue weighted by atomic mass is 9.36. The van der Waals surface area contributed by atoms with Crippen LogP contribution in [0.4, 0.5) is 0 Å². The maximum Gasteiger partial charge on any atom is 0.355 e. The standard InChI is InChI=1S/C24H23BN2O2/c1-27(2)18-22(24(28)29)26-23(19-12-6-3-7-13-19)25(20-14-8-4-9-15-20)21-16-10-5-11-17-21/h3-18H,1-2H3,(H,28,29)/b22-18-,26-23+. The van der Waals surface area contributed by atoms with Gasteiger partial charge in [-0.1, -0.05) is 102 Å². The van der Waals surface area contributed by atoms with Crippen molar-refractivity contribution < 1.29 is 9.90 Å². The van der Waals surface area contributed by atoms with Crippen molar-refractivity contribution >= 4 is 29.2 Å². The third-order valence-corrected chi connectivity index (χ3v) is 4.45. The van der Waals surface area contributed by atoms with E-state index in [2.05, 4.69) is 4.99 Å². The first-order valence-corrected chi connectivity index (χ1v) is 9.41. The van der Waals surface area contributed by atoms with Crippen LogP contribution >= 0.6 is 0 Å². The van der Waals surface area contributed by atoms with Crippen LogP contribution in [0, 0.1) is 0 Å². The predicted octanol–water partition coefficient (Wildman–Crippen LogP) is 2.81. The van der Waals surface area contributed by atoms with Crippen LogP contribution in [0.2, 0.25) is 0 Å². The highest BCUT2D eigenvalue weighted by molar-refractivity contribution is 7.10. The summed E-state index contributed by atoms with van der Waals surface area (Å²) in [4.78, 5) is 18.3. The van der Waals surface area contributed by atoms with Crippen molar-refractivity contribution in [2.45, 2.75) is 0 Å². The fourth-order valence-corrected chi connectivity index (χ4v) is 3.21. The molecule has 3 aromatic carbocycles. The van der Waals surface area contributed by atoms with Gasteiger partial charge in [0.2, 0.25) is 0 Å². The van der Waals surface area contributed by atoms with E-state index < -0.39 is 5.97 Å². The molecule has 3 aromatic rings. The summed E-state index contributed by atoms with van der Waals surface area (Å²) in [6.07, 6.45) is 1.53. The van der Waals surface area contributed by atoms with E-state index >= 15 is 0 Å². The molecule has 0 radical (unpaired) electrons. The lowest BCUT2D eigenvalue weighted by Crippen LogP contribution is -2.49. The highest BCUT2D eigenvalue weighted by Crippen LogP contribution is 2.11. The summed E-state index contributed by atoms with van der Waals surface area (Å²) in [5.41, 5.74) is 3.67. The van der Waals surface area contributed by atoms with E-state index in [1.807, 2.05) is 91.0 Å². The van der Waals surface area contributed by atoms with Crippen LogP contribution in [0.15, 0.2) is 108 Å². The van der Waals surface area contributed by atoms with Gasteiger partial charge in [0.05, 0.1) is 0 Å². The highest BCUT2D eigenvalue weighted by atomic mass is 16.4. The molecule has 3 rings (SSSR count). The molecule has 0 heterocycles. The Morgan fingerprint density at radius 2 is 1.28 bits per heavy atom. The molecule has 1 N–H and O–H groups in total. The van der Waals surface area contributed by atoms with E-state index in [0.717, 1.165) is 16.5 Å². The minimum absolute atomic E-state index is 0.00860. The monoisotopic (exact) mass is 382 g/mol. The Bertz CT molecular complexity index is 961. The fraction of sp³-hybridized carbons (Fsp3) is 0.0833. The Morgan fingerprint density at radius 1 is 0.828 bits per heavy atom. The molecule has 0 spiro atoms. The van der Waals surface area contributed by atoms with Crippen LogP contribution in [-0.4, -0.2) is 42.4 Å². The molecule has 0 unspecified atom stereocenters. The number of carboxylic acids is 1. The van der Waals surface area contributed by atoms with Crippen molar-refractivity contribution in [3.63, 3.8) is 0 Å². The van der Waals surface area contributed by atoms with E-state index in [0.29, 0.717) is 5.61 Å².